The van der Waals surface area contributed by atoms with Gasteiger partial charge in [0.1, 0.15) is 0 Å². The van der Waals surface area contributed by atoms with Gasteiger partial charge in [0, 0.05) is 13.1 Å². The Morgan fingerprint density at radius 1 is 1.20 bits per heavy atom. The molecule has 1 aromatic rings. The lowest BCUT2D eigenvalue weighted by molar-refractivity contribution is 0.0649. The maximum atomic E-state index is 12.5. The van der Waals surface area contributed by atoms with Crippen LogP contribution in [0.4, 0.5) is 0 Å². The Morgan fingerprint density at radius 3 is 2.35 bits per heavy atom. The molecule has 0 unspecified atom stereocenters. The van der Waals surface area contributed by atoms with E-state index in [9.17, 15) is 9.59 Å². The van der Waals surface area contributed by atoms with E-state index in [2.05, 4.69) is 6.92 Å². The number of amides is 1. The number of carboxylic acids is 1. The Labute approximate surface area is 119 Å². The SMILES string of the molecule is CCCC1CCN(C(=O)c2ccccc2C(=O)O)CC1. The number of hydrogen-bond acceptors (Lipinski definition) is 2. The Morgan fingerprint density at radius 2 is 1.80 bits per heavy atom. The predicted molar refractivity (Wildman–Crippen MR) is 76.9 cm³/mol. The van der Waals surface area contributed by atoms with Crippen molar-refractivity contribution in [1.82, 2.24) is 4.90 Å². The lowest BCUT2D eigenvalue weighted by Gasteiger charge is -2.32. The molecular formula is C16H21NO3. The average Bonchev–Trinajstić information content (AvgIpc) is 2.47. The van der Waals surface area contributed by atoms with Crippen LogP contribution in [0.15, 0.2) is 24.3 Å². The van der Waals surface area contributed by atoms with Gasteiger partial charge in [-0.25, -0.2) is 4.79 Å². The summed E-state index contributed by atoms with van der Waals surface area (Å²) in [4.78, 5) is 25.4. The zero-order valence-electron chi connectivity index (χ0n) is 11.8. The molecule has 1 heterocycles. The van der Waals surface area contributed by atoms with E-state index >= 15 is 0 Å². The Hall–Kier alpha value is -1.84. The van der Waals surface area contributed by atoms with Crippen molar-refractivity contribution in [3.05, 3.63) is 35.4 Å². The number of hydrogen-bond donors (Lipinski definition) is 1. The number of carbonyl (C=O) groups excluding carboxylic acids is 1. The topological polar surface area (TPSA) is 57.6 Å². The standard InChI is InChI=1S/C16H21NO3/c1-2-5-12-8-10-17(11-9-12)15(18)13-6-3-4-7-14(13)16(19)20/h3-4,6-7,12H,2,5,8-11H2,1H3,(H,19,20). The van der Waals surface area contributed by atoms with Crippen LogP contribution in [0.3, 0.4) is 0 Å². The minimum absolute atomic E-state index is 0.0909. The number of benzene rings is 1. The first-order valence-electron chi connectivity index (χ1n) is 7.25. The molecule has 1 fully saturated rings. The average molecular weight is 275 g/mol. The lowest BCUT2D eigenvalue weighted by Crippen LogP contribution is -2.39. The quantitative estimate of drug-likeness (QED) is 0.918. The van der Waals surface area contributed by atoms with Crippen LogP contribution in [-0.2, 0) is 0 Å². The van der Waals surface area contributed by atoms with Crippen molar-refractivity contribution >= 4 is 11.9 Å². The number of rotatable bonds is 4. The smallest absolute Gasteiger partial charge is 0.336 e. The summed E-state index contributed by atoms with van der Waals surface area (Å²) < 4.78 is 0. The second kappa shape index (κ2) is 6.55. The maximum absolute atomic E-state index is 12.5. The van der Waals surface area contributed by atoms with E-state index in [1.165, 1.54) is 18.9 Å². The largest absolute Gasteiger partial charge is 0.478 e. The summed E-state index contributed by atoms with van der Waals surface area (Å²) >= 11 is 0. The number of carboxylic acid groups (broad SMARTS) is 1. The van der Waals surface area contributed by atoms with Gasteiger partial charge in [-0.2, -0.15) is 0 Å². The summed E-state index contributed by atoms with van der Waals surface area (Å²) in [6.07, 6.45) is 4.44. The fourth-order valence-corrected chi connectivity index (χ4v) is 2.86. The molecule has 1 aliphatic rings. The van der Waals surface area contributed by atoms with Gasteiger partial charge in [0.25, 0.3) is 5.91 Å². The van der Waals surface area contributed by atoms with Gasteiger partial charge in [-0.15, -0.1) is 0 Å². The van der Waals surface area contributed by atoms with Gasteiger partial charge in [0.05, 0.1) is 11.1 Å². The van der Waals surface area contributed by atoms with E-state index in [0.717, 1.165) is 25.9 Å². The van der Waals surface area contributed by atoms with E-state index in [4.69, 9.17) is 5.11 Å². The van der Waals surface area contributed by atoms with Gasteiger partial charge in [-0.1, -0.05) is 31.9 Å². The molecule has 108 valence electrons. The molecule has 1 saturated heterocycles. The van der Waals surface area contributed by atoms with Crippen molar-refractivity contribution < 1.29 is 14.7 Å². The highest BCUT2D eigenvalue weighted by molar-refractivity contribution is 6.04. The molecule has 2 rings (SSSR count). The number of likely N-dealkylation sites (tertiary alicyclic amines) is 1. The molecule has 1 amide bonds. The molecular weight excluding hydrogens is 254 g/mol. The van der Waals surface area contributed by atoms with E-state index in [0.29, 0.717) is 11.5 Å². The second-order valence-electron chi connectivity index (χ2n) is 5.37. The van der Waals surface area contributed by atoms with E-state index in [-0.39, 0.29) is 11.5 Å². The predicted octanol–water partition coefficient (Wildman–Crippen LogP) is 3.04. The maximum Gasteiger partial charge on any atom is 0.336 e. The first kappa shape index (κ1) is 14.6. The van der Waals surface area contributed by atoms with Crippen LogP contribution in [-0.4, -0.2) is 35.0 Å². The summed E-state index contributed by atoms with van der Waals surface area (Å²) in [5.41, 5.74) is 0.391. The molecule has 0 aliphatic carbocycles. The van der Waals surface area contributed by atoms with Crippen molar-refractivity contribution in [3.8, 4) is 0 Å². The zero-order valence-corrected chi connectivity index (χ0v) is 11.8. The lowest BCUT2D eigenvalue weighted by atomic mass is 9.92. The first-order chi connectivity index (χ1) is 9.63. The molecule has 4 heteroatoms. The molecule has 1 aromatic carbocycles. The highest BCUT2D eigenvalue weighted by Gasteiger charge is 2.25. The molecule has 0 saturated carbocycles. The zero-order chi connectivity index (χ0) is 14.5. The van der Waals surface area contributed by atoms with Crippen molar-refractivity contribution in [1.29, 1.82) is 0 Å². The molecule has 4 nitrogen and oxygen atoms in total. The van der Waals surface area contributed by atoms with Crippen molar-refractivity contribution in [3.63, 3.8) is 0 Å². The summed E-state index contributed by atoms with van der Waals surface area (Å²) in [6.45, 7) is 3.65. The van der Waals surface area contributed by atoms with Crippen LogP contribution in [0, 0.1) is 5.92 Å². The van der Waals surface area contributed by atoms with Crippen LogP contribution in [0.2, 0.25) is 0 Å². The molecule has 1 N–H and O–H groups in total. The number of nitrogens with zero attached hydrogens (tertiary/aromatic N) is 1. The highest BCUT2D eigenvalue weighted by atomic mass is 16.4. The third kappa shape index (κ3) is 3.18. The Bertz CT molecular complexity index is 490. The normalized spacial score (nSPS) is 16.1. The fraction of sp³-hybridized carbons (Fsp3) is 0.500. The number of piperidine rings is 1. The molecule has 0 atom stereocenters. The third-order valence-corrected chi connectivity index (χ3v) is 3.99. The van der Waals surface area contributed by atoms with Crippen molar-refractivity contribution in [2.24, 2.45) is 5.92 Å². The number of aromatic carboxylic acids is 1. The summed E-state index contributed by atoms with van der Waals surface area (Å²) in [6, 6.07) is 6.44. The minimum Gasteiger partial charge on any atom is -0.478 e. The van der Waals surface area contributed by atoms with Crippen LogP contribution in [0.1, 0.15) is 53.3 Å². The molecule has 0 spiro atoms. The molecule has 0 bridgehead atoms. The van der Waals surface area contributed by atoms with Gasteiger partial charge < -0.3 is 10.0 Å². The second-order valence-corrected chi connectivity index (χ2v) is 5.37. The van der Waals surface area contributed by atoms with Gasteiger partial charge in [-0.3, -0.25) is 4.79 Å². The van der Waals surface area contributed by atoms with E-state index in [1.54, 1.807) is 23.1 Å². The van der Waals surface area contributed by atoms with Crippen molar-refractivity contribution in [2.45, 2.75) is 32.6 Å². The Kier molecular flexibility index (Phi) is 4.77. The van der Waals surface area contributed by atoms with Gasteiger partial charge in [0.15, 0.2) is 0 Å². The Balaban J connectivity index is 2.08. The van der Waals surface area contributed by atoms with Gasteiger partial charge in [-0.05, 0) is 30.9 Å². The third-order valence-electron chi connectivity index (χ3n) is 3.99. The van der Waals surface area contributed by atoms with Crippen LogP contribution in [0.25, 0.3) is 0 Å². The van der Waals surface area contributed by atoms with Gasteiger partial charge >= 0.3 is 5.97 Å². The summed E-state index contributed by atoms with van der Waals surface area (Å²) in [7, 11) is 0. The summed E-state index contributed by atoms with van der Waals surface area (Å²) in [5, 5.41) is 9.15. The van der Waals surface area contributed by atoms with Crippen LogP contribution in [0.5, 0.6) is 0 Å². The molecule has 0 radical (unpaired) electrons. The van der Waals surface area contributed by atoms with Gasteiger partial charge in [0.2, 0.25) is 0 Å². The minimum atomic E-state index is -1.05. The van der Waals surface area contributed by atoms with Crippen LogP contribution < -0.4 is 0 Å². The van der Waals surface area contributed by atoms with E-state index in [1.807, 2.05) is 0 Å². The van der Waals surface area contributed by atoms with Crippen molar-refractivity contribution in [2.75, 3.05) is 13.1 Å². The molecule has 20 heavy (non-hydrogen) atoms. The monoisotopic (exact) mass is 275 g/mol. The number of carbonyl (C=O) groups is 2. The highest BCUT2D eigenvalue weighted by Crippen LogP contribution is 2.23. The first-order valence-corrected chi connectivity index (χ1v) is 7.25. The molecule has 1 aliphatic heterocycles. The van der Waals surface area contributed by atoms with Crippen LogP contribution >= 0.6 is 0 Å². The molecule has 0 aromatic heterocycles. The summed E-state index contributed by atoms with van der Waals surface area (Å²) in [5.74, 6) is -0.494. The fourth-order valence-electron chi connectivity index (χ4n) is 2.86. The van der Waals surface area contributed by atoms with E-state index < -0.39 is 5.97 Å².